The predicted octanol–water partition coefficient (Wildman–Crippen LogP) is 2.39. The lowest BCUT2D eigenvalue weighted by atomic mass is 9.90. The summed E-state index contributed by atoms with van der Waals surface area (Å²) in [5, 5.41) is 0. The van der Waals surface area contributed by atoms with Crippen LogP contribution in [0.1, 0.15) is 26.3 Å². The molecule has 0 saturated carbocycles. The van der Waals surface area contributed by atoms with E-state index in [1.54, 1.807) is 0 Å². The third-order valence-electron chi connectivity index (χ3n) is 5.44. The number of carbonyl (C=O) groups is 1. The number of carbonyl (C=O) groups excluding carboxylic acids is 1. The Kier molecular flexibility index (Phi) is 6.00. The summed E-state index contributed by atoms with van der Waals surface area (Å²) in [6.07, 6.45) is 0. The number of anilines is 1. The van der Waals surface area contributed by atoms with Crippen LogP contribution in [0.15, 0.2) is 24.3 Å². The van der Waals surface area contributed by atoms with Crippen LogP contribution in [0, 0.1) is 12.3 Å². The van der Waals surface area contributed by atoms with Crippen molar-refractivity contribution in [1.29, 1.82) is 0 Å². The van der Waals surface area contributed by atoms with Crippen molar-refractivity contribution in [2.75, 3.05) is 57.4 Å². The quantitative estimate of drug-likeness (QED) is 0.809. The second-order valence-electron chi connectivity index (χ2n) is 8.65. The molecule has 1 aromatic carbocycles. The van der Waals surface area contributed by atoms with E-state index in [4.69, 9.17) is 4.74 Å². The zero-order chi connectivity index (χ0) is 18.7. The van der Waals surface area contributed by atoms with E-state index in [9.17, 15) is 4.79 Å². The minimum atomic E-state index is 0.151. The third kappa shape index (κ3) is 4.84. The molecule has 0 aliphatic carbocycles. The van der Waals surface area contributed by atoms with Gasteiger partial charge in [-0.1, -0.05) is 31.5 Å². The molecule has 1 unspecified atom stereocenters. The normalized spacial score (nSPS) is 23.5. The summed E-state index contributed by atoms with van der Waals surface area (Å²) in [5.74, 6) is 0.203. The number of morpholine rings is 1. The van der Waals surface area contributed by atoms with Crippen molar-refractivity contribution < 1.29 is 9.53 Å². The molecule has 0 spiro atoms. The van der Waals surface area contributed by atoms with Crippen LogP contribution >= 0.6 is 0 Å². The average molecular weight is 360 g/mol. The van der Waals surface area contributed by atoms with Gasteiger partial charge in [0.15, 0.2) is 0 Å². The fourth-order valence-corrected chi connectivity index (χ4v) is 4.05. The molecule has 2 fully saturated rings. The van der Waals surface area contributed by atoms with Crippen molar-refractivity contribution in [3.63, 3.8) is 0 Å². The molecular weight excluding hydrogens is 326 g/mol. The Balaban J connectivity index is 1.59. The van der Waals surface area contributed by atoms with Gasteiger partial charge in [0.25, 0.3) is 0 Å². The fourth-order valence-electron chi connectivity index (χ4n) is 4.05. The Morgan fingerprint density at radius 1 is 1.12 bits per heavy atom. The van der Waals surface area contributed by atoms with Gasteiger partial charge in [0.2, 0.25) is 5.91 Å². The number of amides is 1. The number of hydrogen-bond acceptors (Lipinski definition) is 4. The van der Waals surface area contributed by atoms with Crippen molar-refractivity contribution in [1.82, 2.24) is 9.80 Å². The van der Waals surface area contributed by atoms with E-state index in [-0.39, 0.29) is 11.3 Å². The van der Waals surface area contributed by atoms with Gasteiger partial charge in [0.1, 0.15) is 0 Å². The lowest BCUT2D eigenvalue weighted by Gasteiger charge is -2.44. The highest BCUT2D eigenvalue weighted by Crippen LogP contribution is 2.25. The molecule has 26 heavy (non-hydrogen) atoms. The summed E-state index contributed by atoms with van der Waals surface area (Å²) in [7, 11) is 0. The van der Waals surface area contributed by atoms with Crippen LogP contribution in [0.3, 0.4) is 0 Å². The van der Waals surface area contributed by atoms with Crippen LogP contribution < -0.4 is 4.90 Å². The lowest BCUT2D eigenvalue weighted by Crippen LogP contribution is -2.58. The van der Waals surface area contributed by atoms with E-state index in [0.29, 0.717) is 12.6 Å². The fraction of sp³-hybridized carbons (Fsp3) is 0.667. The number of hydrogen-bond donors (Lipinski definition) is 0. The van der Waals surface area contributed by atoms with Crippen LogP contribution in [0.4, 0.5) is 5.69 Å². The summed E-state index contributed by atoms with van der Waals surface area (Å²) in [5.41, 5.74) is 2.38. The van der Waals surface area contributed by atoms with Crippen molar-refractivity contribution in [2.24, 2.45) is 5.41 Å². The molecule has 2 aliphatic rings. The molecule has 2 saturated heterocycles. The van der Waals surface area contributed by atoms with Crippen LogP contribution in [0.5, 0.6) is 0 Å². The molecule has 144 valence electrons. The summed E-state index contributed by atoms with van der Waals surface area (Å²) >= 11 is 0. The van der Waals surface area contributed by atoms with E-state index in [2.05, 4.69) is 61.8 Å². The highest BCUT2D eigenvalue weighted by atomic mass is 16.5. The maximum atomic E-state index is 12.8. The van der Waals surface area contributed by atoms with Crippen LogP contribution in [-0.4, -0.2) is 74.2 Å². The number of benzene rings is 1. The van der Waals surface area contributed by atoms with Gasteiger partial charge in [-0.2, -0.15) is 0 Å². The van der Waals surface area contributed by atoms with Crippen molar-refractivity contribution in [3.8, 4) is 0 Å². The standard InChI is InChI=1S/C21H33N3O2/c1-17-5-7-19(8-6-17)24-13-18(2)23(14-20(24)25)16-21(3,4)15-22-9-11-26-12-10-22/h5-8,18H,9-16H2,1-4H3. The monoisotopic (exact) mass is 359 g/mol. The van der Waals surface area contributed by atoms with Crippen molar-refractivity contribution >= 4 is 11.6 Å². The molecule has 1 amide bonds. The Bertz CT molecular complexity index is 608. The second-order valence-corrected chi connectivity index (χ2v) is 8.65. The molecule has 0 bridgehead atoms. The van der Waals surface area contributed by atoms with Gasteiger partial charge in [-0.25, -0.2) is 0 Å². The van der Waals surface area contributed by atoms with Gasteiger partial charge in [0.05, 0.1) is 19.8 Å². The lowest BCUT2D eigenvalue weighted by molar-refractivity contribution is -0.123. The first-order valence-corrected chi connectivity index (χ1v) is 9.75. The molecule has 1 atom stereocenters. The van der Waals surface area contributed by atoms with Crippen LogP contribution in [-0.2, 0) is 9.53 Å². The number of piperazine rings is 1. The number of aryl methyl sites for hydroxylation is 1. The molecule has 3 rings (SSSR count). The summed E-state index contributed by atoms with van der Waals surface area (Å²) in [6, 6.07) is 8.62. The number of nitrogens with zero attached hydrogens (tertiary/aromatic N) is 3. The predicted molar refractivity (Wildman–Crippen MR) is 106 cm³/mol. The Morgan fingerprint density at radius 2 is 1.77 bits per heavy atom. The third-order valence-corrected chi connectivity index (χ3v) is 5.44. The summed E-state index contributed by atoms with van der Waals surface area (Å²) in [6.45, 7) is 15.9. The maximum Gasteiger partial charge on any atom is 0.241 e. The number of ether oxygens (including phenoxy) is 1. The van der Waals surface area contributed by atoms with Crippen LogP contribution in [0.2, 0.25) is 0 Å². The van der Waals surface area contributed by atoms with Crippen molar-refractivity contribution in [2.45, 2.75) is 33.7 Å². The zero-order valence-electron chi connectivity index (χ0n) is 16.7. The molecule has 0 aromatic heterocycles. The zero-order valence-corrected chi connectivity index (χ0v) is 16.7. The van der Waals surface area contributed by atoms with Gasteiger partial charge < -0.3 is 9.64 Å². The summed E-state index contributed by atoms with van der Waals surface area (Å²) < 4.78 is 5.45. The minimum absolute atomic E-state index is 0.151. The van der Waals surface area contributed by atoms with Crippen LogP contribution in [0.25, 0.3) is 0 Å². The molecule has 1 aromatic rings. The number of rotatable bonds is 5. The first kappa shape index (κ1) is 19.3. The van der Waals surface area contributed by atoms with Gasteiger partial charge in [-0.05, 0) is 31.4 Å². The van der Waals surface area contributed by atoms with E-state index in [1.165, 1.54) is 5.56 Å². The Hall–Kier alpha value is -1.43. The molecule has 0 N–H and O–H groups in total. The molecule has 0 radical (unpaired) electrons. The van der Waals surface area contributed by atoms with E-state index < -0.39 is 0 Å². The van der Waals surface area contributed by atoms with E-state index in [1.807, 2.05) is 4.90 Å². The SMILES string of the molecule is Cc1ccc(N2CC(C)N(CC(C)(C)CN3CCOCC3)CC2=O)cc1. The molecule has 5 nitrogen and oxygen atoms in total. The van der Waals surface area contributed by atoms with Gasteiger partial charge in [-0.3, -0.25) is 14.6 Å². The molecular formula is C21H33N3O2. The van der Waals surface area contributed by atoms with E-state index >= 15 is 0 Å². The first-order valence-electron chi connectivity index (χ1n) is 9.75. The smallest absolute Gasteiger partial charge is 0.241 e. The summed E-state index contributed by atoms with van der Waals surface area (Å²) in [4.78, 5) is 19.5. The average Bonchev–Trinajstić information content (AvgIpc) is 2.59. The molecule has 2 aliphatic heterocycles. The van der Waals surface area contributed by atoms with Gasteiger partial charge in [-0.15, -0.1) is 0 Å². The second kappa shape index (κ2) is 8.07. The molecule has 2 heterocycles. The van der Waals surface area contributed by atoms with Crippen molar-refractivity contribution in [3.05, 3.63) is 29.8 Å². The highest BCUT2D eigenvalue weighted by Gasteiger charge is 2.34. The molecule has 5 heteroatoms. The highest BCUT2D eigenvalue weighted by molar-refractivity contribution is 5.95. The van der Waals surface area contributed by atoms with E-state index in [0.717, 1.165) is 51.6 Å². The largest absolute Gasteiger partial charge is 0.379 e. The topological polar surface area (TPSA) is 36.0 Å². The minimum Gasteiger partial charge on any atom is -0.379 e. The van der Waals surface area contributed by atoms with Gasteiger partial charge in [0, 0.05) is 44.5 Å². The Labute approximate surface area is 157 Å². The first-order chi connectivity index (χ1) is 12.3. The maximum absolute atomic E-state index is 12.8. The van der Waals surface area contributed by atoms with Gasteiger partial charge >= 0.3 is 0 Å². The Morgan fingerprint density at radius 3 is 2.42 bits per heavy atom.